The topological polar surface area (TPSA) is 159 Å². The summed E-state index contributed by atoms with van der Waals surface area (Å²) in [6.07, 6.45) is -8.15. The standard InChI is InChI=1S/C39H56N2O11/c1-22-25(20-24-18-16-15-17-19-24)30(40-41(22)23(2)42)52-31-29(51-35(46)39(12,13)14)28(50-34(45)38(9,10)11)27(49-33(44)37(6,7)8)26(48-31)21-47-32(43)36(3,4)5/h15-19,26-29,31H,20-21H2,1-14H3/t26-,27-,28+,29-,31?/m1/s1/i3D,6D,9D,12D. The van der Waals surface area contributed by atoms with Crippen molar-refractivity contribution in [3.05, 3.63) is 47.2 Å². The van der Waals surface area contributed by atoms with E-state index >= 15 is 0 Å². The van der Waals surface area contributed by atoms with E-state index in [1.807, 2.05) is 30.3 Å². The van der Waals surface area contributed by atoms with Gasteiger partial charge in [-0.1, -0.05) is 30.3 Å². The van der Waals surface area contributed by atoms with E-state index in [0.29, 0.717) is 11.3 Å². The maximum absolute atomic E-state index is 13.8. The molecule has 1 fully saturated rings. The van der Waals surface area contributed by atoms with E-state index < -0.39 is 109 Å². The van der Waals surface area contributed by atoms with Gasteiger partial charge in [0, 0.05) is 24.4 Å². The van der Waals surface area contributed by atoms with Gasteiger partial charge in [-0.2, -0.15) is 0 Å². The molecule has 1 unspecified atom stereocenters. The molecule has 1 aliphatic rings. The monoisotopic (exact) mass is 732 g/mol. The lowest BCUT2D eigenvalue weighted by Crippen LogP contribution is -2.65. The van der Waals surface area contributed by atoms with Gasteiger partial charge in [-0.05, 0) is 95.5 Å². The Morgan fingerprint density at radius 2 is 1.23 bits per heavy atom. The third-order valence-corrected chi connectivity index (χ3v) is 7.86. The van der Waals surface area contributed by atoms with E-state index in [2.05, 4.69) is 5.10 Å². The molecule has 0 saturated carbocycles. The predicted octanol–water partition coefficient (Wildman–Crippen LogP) is 6.01. The molecule has 13 nitrogen and oxygen atoms in total. The van der Waals surface area contributed by atoms with Crippen molar-refractivity contribution in [2.45, 2.75) is 134 Å². The van der Waals surface area contributed by atoms with E-state index in [-0.39, 0.29) is 19.2 Å². The number of hydrogen-bond acceptors (Lipinski definition) is 12. The van der Waals surface area contributed by atoms with Gasteiger partial charge in [0.2, 0.25) is 24.2 Å². The van der Waals surface area contributed by atoms with Crippen LogP contribution in [0.15, 0.2) is 30.3 Å². The Morgan fingerprint density at radius 3 is 1.73 bits per heavy atom. The van der Waals surface area contributed by atoms with Crippen LogP contribution in [0.1, 0.15) is 117 Å². The number of ether oxygens (including phenoxy) is 6. The van der Waals surface area contributed by atoms with Crippen molar-refractivity contribution in [2.75, 3.05) is 6.61 Å². The van der Waals surface area contributed by atoms with Gasteiger partial charge >= 0.3 is 23.9 Å². The Kier molecular flexibility index (Phi) is 11.0. The highest BCUT2D eigenvalue weighted by atomic mass is 16.7. The minimum Gasteiger partial charge on any atom is -0.462 e. The van der Waals surface area contributed by atoms with Gasteiger partial charge in [0.1, 0.15) is 12.7 Å². The van der Waals surface area contributed by atoms with E-state index in [4.69, 9.17) is 33.9 Å². The van der Waals surface area contributed by atoms with Gasteiger partial charge < -0.3 is 28.4 Å². The molecule has 0 radical (unpaired) electrons. The van der Waals surface area contributed by atoms with Crippen molar-refractivity contribution in [1.29, 1.82) is 0 Å². The summed E-state index contributed by atoms with van der Waals surface area (Å²) in [4.78, 5) is 67.1. The van der Waals surface area contributed by atoms with Gasteiger partial charge in [0.05, 0.1) is 27.4 Å². The summed E-state index contributed by atoms with van der Waals surface area (Å²) in [5.74, 6) is -4.12. The van der Waals surface area contributed by atoms with Crippen molar-refractivity contribution in [3.63, 3.8) is 0 Å². The van der Waals surface area contributed by atoms with Gasteiger partial charge in [-0.3, -0.25) is 24.0 Å². The molecule has 13 heteroatoms. The van der Waals surface area contributed by atoms with Gasteiger partial charge in [-0.15, -0.1) is 5.10 Å². The van der Waals surface area contributed by atoms with Crippen molar-refractivity contribution in [1.82, 2.24) is 9.78 Å². The largest absolute Gasteiger partial charge is 0.462 e. The molecule has 288 valence electrons. The van der Waals surface area contributed by atoms with Crippen LogP contribution in [0.5, 0.6) is 5.88 Å². The zero-order valence-corrected chi connectivity index (χ0v) is 31.9. The molecular formula is C39H56N2O11. The van der Waals surface area contributed by atoms with Crippen LogP contribution >= 0.6 is 0 Å². The zero-order valence-electron chi connectivity index (χ0n) is 35.9. The minimum atomic E-state index is -1.75. The highest BCUT2D eigenvalue weighted by Gasteiger charge is 2.56. The lowest BCUT2D eigenvalue weighted by atomic mass is 9.93. The number of aromatic nitrogens is 2. The number of carbonyl (C=O) groups is 5. The fraction of sp³-hybridized carbons (Fsp3) is 0.641. The summed E-state index contributed by atoms with van der Waals surface area (Å²) < 4.78 is 69.4. The second-order valence-corrected chi connectivity index (χ2v) is 15.9. The molecule has 0 amide bonds. The quantitative estimate of drug-likeness (QED) is 0.219. The van der Waals surface area contributed by atoms with Crippen LogP contribution in [-0.2, 0) is 49.3 Å². The van der Waals surface area contributed by atoms with Crippen LogP contribution in [-0.4, -0.2) is 76.9 Å². The van der Waals surface area contributed by atoms with Crippen molar-refractivity contribution < 1.29 is 57.9 Å². The van der Waals surface area contributed by atoms with Crippen LogP contribution in [0.25, 0.3) is 0 Å². The first-order chi connectivity index (χ1) is 26.0. The average molecular weight is 733 g/mol. The molecule has 5 atom stereocenters. The second-order valence-electron chi connectivity index (χ2n) is 15.9. The second kappa shape index (κ2) is 15.8. The Bertz CT molecular complexity index is 1730. The Balaban J connectivity index is 2.32. The molecule has 52 heavy (non-hydrogen) atoms. The van der Waals surface area contributed by atoms with Crippen LogP contribution in [0.2, 0.25) is 0 Å². The summed E-state index contributed by atoms with van der Waals surface area (Å²) >= 11 is 0. The van der Waals surface area contributed by atoms with E-state index in [9.17, 15) is 24.0 Å². The average Bonchev–Trinajstić information content (AvgIpc) is 3.46. The molecule has 1 saturated heterocycles. The first-order valence-electron chi connectivity index (χ1n) is 19.7. The molecule has 1 aromatic carbocycles. The summed E-state index contributed by atoms with van der Waals surface area (Å²) in [5, 5.41) is 4.42. The normalized spacial score (nSPS) is 22.2. The fourth-order valence-electron chi connectivity index (χ4n) is 4.74. The number of hydrogen-bond donors (Lipinski definition) is 0. The maximum atomic E-state index is 13.8. The van der Waals surface area contributed by atoms with E-state index in [1.54, 1.807) is 6.92 Å². The molecular weight excluding hydrogens is 672 g/mol. The highest BCUT2D eigenvalue weighted by molar-refractivity contribution is 5.78. The van der Waals surface area contributed by atoms with Crippen molar-refractivity contribution >= 4 is 29.8 Å². The number of rotatable bonds is 9. The Hall–Kier alpha value is -4.26. The first-order valence-corrected chi connectivity index (χ1v) is 16.9. The van der Waals surface area contributed by atoms with Gasteiger partial charge in [0.15, 0.2) is 12.2 Å². The zero-order chi connectivity index (χ0) is 42.4. The third-order valence-electron chi connectivity index (χ3n) is 7.86. The van der Waals surface area contributed by atoms with Crippen LogP contribution < -0.4 is 4.74 Å². The molecule has 0 bridgehead atoms. The SMILES string of the molecule is [2H]CC(C)(C)C(=O)OC[C@H]1OC(Oc2nn(C(C)=O)c(C)c2Cc2ccccc2)[C@H](OC(=O)C(C)(C)C[2H])[C@@H](OC(=O)C(C)(C)C[2H])[C@@H]1OC(=O)C(C)(C)C[2H]. The lowest BCUT2D eigenvalue weighted by molar-refractivity contribution is -0.294. The molecule has 1 aromatic heterocycles. The minimum absolute atomic E-state index is 0.110. The Morgan fingerprint density at radius 1 is 0.750 bits per heavy atom. The number of benzene rings is 1. The fourth-order valence-corrected chi connectivity index (χ4v) is 4.74. The third kappa shape index (κ3) is 10.6. The number of nitrogens with zero attached hydrogens (tertiary/aromatic N) is 2. The van der Waals surface area contributed by atoms with Crippen LogP contribution in [0.3, 0.4) is 0 Å². The summed E-state index contributed by atoms with van der Waals surface area (Å²) in [7, 11) is 0. The molecule has 0 aliphatic carbocycles. The molecule has 1 aliphatic heterocycles. The van der Waals surface area contributed by atoms with Gasteiger partial charge in [0.25, 0.3) is 0 Å². The van der Waals surface area contributed by atoms with Crippen molar-refractivity contribution in [3.8, 4) is 5.88 Å². The number of esters is 4. The van der Waals surface area contributed by atoms with E-state index in [1.165, 1.54) is 62.3 Å². The smallest absolute Gasteiger partial charge is 0.311 e. The first kappa shape index (κ1) is 36.1. The predicted molar refractivity (Wildman–Crippen MR) is 190 cm³/mol. The maximum Gasteiger partial charge on any atom is 0.311 e. The van der Waals surface area contributed by atoms with Crippen LogP contribution in [0, 0.1) is 28.6 Å². The summed E-state index contributed by atoms with van der Waals surface area (Å²) in [6.45, 7) is 12.6. The van der Waals surface area contributed by atoms with Crippen LogP contribution in [0.4, 0.5) is 0 Å². The summed E-state index contributed by atoms with van der Waals surface area (Å²) in [5.41, 5.74) is -3.73. The Labute approximate surface area is 312 Å². The lowest BCUT2D eigenvalue weighted by Gasteiger charge is -2.45. The molecule has 3 rings (SSSR count). The molecule has 2 heterocycles. The molecule has 0 spiro atoms. The molecule has 0 N–H and O–H groups in total. The highest BCUT2D eigenvalue weighted by Crippen LogP contribution is 2.36. The number of carbonyl (C=O) groups excluding carboxylic acids is 5. The van der Waals surface area contributed by atoms with E-state index in [0.717, 1.165) is 10.2 Å². The molecule has 2 aromatic rings. The summed E-state index contributed by atoms with van der Waals surface area (Å²) in [6, 6.07) is 9.24. The van der Waals surface area contributed by atoms with Crippen molar-refractivity contribution in [2.24, 2.45) is 21.7 Å². The van der Waals surface area contributed by atoms with Gasteiger partial charge in [-0.25, -0.2) is 4.68 Å².